The van der Waals surface area contributed by atoms with Crippen molar-refractivity contribution in [3.63, 3.8) is 0 Å². The molecule has 0 fully saturated rings. The summed E-state index contributed by atoms with van der Waals surface area (Å²) in [5.41, 5.74) is 3.21. The highest BCUT2D eigenvalue weighted by Crippen LogP contribution is 2.21. The molecule has 2 aromatic heterocycles. The van der Waals surface area contributed by atoms with Crippen molar-refractivity contribution in [2.45, 2.75) is 51.7 Å². The third-order valence-electron chi connectivity index (χ3n) is 4.71. The predicted molar refractivity (Wildman–Crippen MR) is 108 cm³/mol. The molecule has 3 rings (SSSR count). The highest BCUT2D eigenvalue weighted by Gasteiger charge is 2.16. The number of benzene rings is 1. The van der Waals surface area contributed by atoms with Gasteiger partial charge in [0.05, 0.1) is 5.75 Å². The molecule has 6 nitrogen and oxygen atoms in total. The molecule has 1 amide bonds. The van der Waals surface area contributed by atoms with Crippen LogP contribution < -0.4 is 5.32 Å². The summed E-state index contributed by atoms with van der Waals surface area (Å²) in [7, 11) is 0. The average Bonchev–Trinajstić information content (AvgIpc) is 3.07. The topological polar surface area (TPSA) is 72.2 Å². The lowest BCUT2D eigenvalue weighted by atomic mass is 10.0. The number of hydrogen-bond donors (Lipinski definition) is 1. The summed E-state index contributed by atoms with van der Waals surface area (Å²) in [4.78, 5) is 20.9. The van der Waals surface area contributed by atoms with Crippen molar-refractivity contribution in [3.05, 3.63) is 52.6 Å². The number of carbonyl (C=O) groups excluding carboxylic acids is 1. The second-order valence-electron chi connectivity index (χ2n) is 6.80. The second kappa shape index (κ2) is 8.68. The molecule has 8 heteroatoms. The number of carbonyl (C=O) groups is 1. The lowest BCUT2D eigenvalue weighted by Gasteiger charge is -2.11. The van der Waals surface area contributed by atoms with Crippen LogP contribution in [0.3, 0.4) is 0 Å². The Morgan fingerprint density at radius 2 is 2.04 bits per heavy atom. The van der Waals surface area contributed by atoms with Gasteiger partial charge in [0.15, 0.2) is 0 Å². The van der Waals surface area contributed by atoms with Crippen LogP contribution in [0.5, 0.6) is 0 Å². The second-order valence-corrected chi connectivity index (χ2v) is 7.74. The maximum Gasteiger partial charge on any atom is 0.253 e. The van der Waals surface area contributed by atoms with Gasteiger partial charge in [-0.2, -0.15) is 4.98 Å². The fraction of sp³-hybridized carbons (Fsp3) is 0.400. The van der Waals surface area contributed by atoms with Crippen LogP contribution in [0, 0.1) is 19.7 Å². The molecule has 1 atom stereocenters. The molecule has 3 aromatic rings. The summed E-state index contributed by atoms with van der Waals surface area (Å²) >= 11 is 1.28. The third kappa shape index (κ3) is 4.49. The number of nitrogens with one attached hydrogen (secondary N) is 1. The van der Waals surface area contributed by atoms with Gasteiger partial charge in [0.25, 0.3) is 5.78 Å². The fourth-order valence-electron chi connectivity index (χ4n) is 2.89. The van der Waals surface area contributed by atoms with Crippen LogP contribution in [-0.2, 0) is 11.2 Å². The largest absolute Gasteiger partial charge is 0.353 e. The highest BCUT2D eigenvalue weighted by atomic mass is 32.2. The van der Waals surface area contributed by atoms with E-state index in [9.17, 15) is 9.18 Å². The van der Waals surface area contributed by atoms with Crippen molar-refractivity contribution in [2.75, 3.05) is 5.75 Å². The molecule has 1 unspecified atom stereocenters. The number of aromatic nitrogens is 4. The Bertz CT molecular complexity index is 1000. The molecule has 1 N–H and O–H groups in total. The van der Waals surface area contributed by atoms with E-state index >= 15 is 0 Å². The first-order valence-corrected chi connectivity index (χ1v) is 10.3. The van der Waals surface area contributed by atoms with Crippen LogP contribution in [-0.4, -0.2) is 37.3 Å². The smallest absolute Gasteiger partial charge is 0.253 e. The van der Waals surface area contributed by atoms with Gasteiger partial charge in [0.2, 0.25) is 11.1 Å². The minimum absolute atomic E-state index is 0.0423. The Kier molecular flexibility index (Phi) is 6.28. The van der Waals surface area contributed by atoms with Crippen LogP contribution in [0.1, 0.15) is 42.8 Å². The van der Waals surface area contributed by atoms with Crippen LogP contribution in [0.2, 0.25) is 0 Å². The van der Waals surface area contributed by atoms with Gasteiger partial charge < -0.3 is 5.32 Å². The van der Waals surface area contributed by atoms with Gasteiger partial charge in [-0.15, -0.1) is 5.10 Å². The zero-order valence-corrected chi connectivity index (χ0v) is 17.3. The summed E-state index contributed by atoms with van der Waals surface area (Å²) in [6.45, 7) is 7.82. The number of rotatable bonds is 7. The monoisotopic (exact) mass is 401 g/mol. The van der Waals surface area contributed by atoms with Crippen molar-refractivity contribution in [2.24, 2.45) is 0 Å². The van der Waals surface area contributed by atoms with Crippen LogP contribution in [0.4, 0.5) is 4.39 Å². The van der Waals surface area contributed by atoms with Crippen molar-refractivity contribution >= 4 is 23.4 Å². The van der Waals surface area contributed by atoms with Crippen molar-refractivity contribution < 1.29 is 9.18 Å². The van der Waals surface area contributed by atoms with Gasteiger partial charge in [-0.1, -0.05) is 36.9 Å². The van der Waals surface area contributed by atoms with E-state index < -0.39 is 0 Å². The van der Waals surface area contributed by atoms with E-state index in [2.05, 4.69) is 20.4 Å². The van der Waals surface area contributed by atoms with Gasteiger partial charge in [-0.25, -0.2) is 13.9 Å². The van der Waals surface area contributed by atoms with E-state index in [-0.39, 0.29) is 23.5 Å². The molecule has 148 valence electrons. The minimum Gasteiger partial charge on any atom is -0.353 e. The molecule has 0 radical (unpaired) electrons. The van der Waals surface area contributed by atoms with Crippen molar-refractivity contribution in [3.8, 4) is 0 Å². The molecule has 28 heavy (non-hydrogen) atoms. The molecule has 1 aromatic carbocycles. The van der Waals surface area contributed by atoms with E-state index in [1.165, 1.54) is 17.8 Å². The first-order chi connectivity index (χ1) is 13.4. The van der Waals surface area contributed by atoms with Gasteiger partial charge in [0.1, 0.15) is 5.82 Å². The summed E-state index contributed by atoms with van der Waals surface area (Å²) in [5, 5.41) is 7.90. The van der Waals surface area contributed by atoms with Crippen LogP contribution >= 0.6 is 11.8 Å². The Labute approximate surface area is 168 Å². The van der Waals surface area contributed by atoms with E-state index in [4.69, 9.17) is 0 Å². The molecular formula is C20H24FN5OS. The molecule has 0 bridgehead atoms. The molecule has 0 spiro atoms. The molecular weight excluding hydrogens is 377 g/mol. The number of hydrogen-bond acceptors (Lipinski definition) is 5. The number of fused-ring (bicyclic) bond motifs is 1. The fourth-order valence-corrected chi connectivity index (χ4v) is 3.52. The van der Waals surface area contributed by atoms with E-state index in [0.29, 0.717) is 22.9 Å². The van der Waals surface area contributed by atoms with Gasteiger partial charge in [0, 0.05) is 23.9 Å². The Hall–Kier alpha value is -2.48. The predicted octanol–water partition coefficient (Wildman–Crippen LogP) is 3.48. The first-order valence-electron chi connectivity index (χ1n) is 9.27. The third-order valence-corrected chi connectivity index (χ3v) is 5.54. The highest BCUT2D eigenvalue weighted by molar-refractivity contribution is 7.99. The SMILES string of the molecule is CCC(C)NC(=O)CSc1nc2nc(C)c(Cc3ccccc3F)c(C)n2n1. The average molecular weight is 402 g/mol. The number of halogens is 1. The Morgan fingerprint density at radius 3 is 2.75 bits per heavy atom. The zero-order valence-electron chi connectivity index (χ0n) is 16.5. The van der Waals surface area contributed by atoms with E-state index in [1.54, 1.807) is 16.6 Å². The van der Waals surface area contributed by atoms with Crippen LogP contribution in [0.15, 0.2) is 29.4 Å². The summed E-state index contributed by atoms with van der Waals surface area (Å²) in [6, 6.07) is 6.88. The zero-order chi connectivity index (χ0) is 20.3. The maximum absolute atomic E-state index is 14.1. The minimum atomic E-state index is -0.233. The first kappa shape index (κ1) is 20.3. The quantitative estimate of drug-likeness (QED) is 0.614. The number of amides is 1. The van der Waals surface area contributed by atoms with Gasteiger partial charge in [-0.05, 0) is 44.4 Å². The molecule has 0 aliphatic rings. The Morgan fingerprint density at radius 1 is 1.29 bits per heavy atom. The van der Waals surface area contributed by atoms with E-state index in [0.717, 1.165) is 23.4 Å². The molecule has 0 saturated heterocycles. The maximum atomic E-state index is 14.1. The summed E-state index contributed by atoms with van der Waals surface area (Å²) < 4.78 is 15.7. The normalized spacial score (nSPS) is 12.3. The molecule has 0 aliphatic heterocycles. The lowest BCUT2D eigenvalue weighted by molar-refractivity contribution is -0.119. The number of thioether (sulfide) groups is 1. The van der Waals surface area contributed by atoms with Crippen molar-refractivity contribution in [1.82, 2.24) is 24.9 Å². The van der Waals surface area contributed by atoms with Gasteiger partial charge >= 0.3 is 0 Å². The summed E-state index contributed by atoms with van der Waals surface area (Å²) in [5.74, 6) is 0.460. The Balaban J connectivity index is 1.81. The molecule has 2 heterocycles. The van der Waals surface area contributed by atoms with Crippen molar-refractivity contribution in [1.29, 1.82) is 0 Å². The standard InChI is InChI=1S/C20H24FN5OS/c1-5-12(2)22-18(27)11-28-20-24-19-23-13(3)16(14(4)26(19)25-20)10-15-8-6-7-9-17(15)21/h6-9,12H,5,10-11H2,1-4H3,(H,22,27). The number of nitrogens with zero attached hydrogens (tertiary/aromatic N) is 4. The number of aryl methyl sites for hydroxylation is 2. The van der Waals surface area contributed by atoms with Gasteiger partial charge in [-0.3, -0.25) is 4.79 Å². The van der Waals surface area contributed by atoms with Crippen LogP contribution in [0.25, 0.3) is 5.78 Å². The van der Waals surface area contributed by atoms with E-state index in [1.807, 2.05) is 33.8 Å². The summed E-state index contributed by atoms with van der Waals surface area (Å²) in [6.07, 6.45) is 1.32. The lowest BCUT2D eigenvalue weighted by Crippen LogP contribution is -2.33. The molecule has 0 aliphatic carbocycles. The molecule has 0 saturated carbocycles.